The molecule has 1 unspecified atom stereocenters. The van der Waals surface area contributed by atoms with Crippen molar-refractivity contribution >= 4 is 65.6 Å². The van der Waals surface area contributed by atoms with Crippen molar-refractivity contribution in [3.05, 3.63) is 265 Å². The van der Waals surface area contributed by atoms with Crippen LogP contribution in [-0.4, -0.2) is 0 Å². The van der Waals surface area contributed by atoms with Crippen LogP contribution in [0.25, 0.3) is 53.6 Å². The van der Waals surface area contributed by atoms with Crippen molar-refractivity contribution in [2.24, 2.45) is 0 Å². The molecule has 0 bridgehead atoms. The monoisotopic (exact) mass is 837 g/mol. The summed E-state index contributed by atoms with van der Waals surface area (Å²) < 4.78 is 45.7. The number of hydrogen-bond acceptors (Lipinski definition) is 3. The number of benzene rings is 10. The summed E-state index contributed by atoms with van der Waals surface area (Å²) in [4.78, 5) is 4.63. The minimum Gasteiger partial charge on any atom is -0.310 e. The molecule has 0 saturated carbocycles. The quantitative estimate of drug-likeness (QED) is 0.158. The first-order chi connectivity index (χ1) is 33.8. The second-order valence-electron chi connectivity index (χ2n) is 16.4. The number of thiophene rings is 1. The highest BCUT2D eigenvalue weighted by molar-refractivity contribution is 7.26. The summed E-state index contributed by atoms with van der Waals surface area (Å²) in [6, 6.07) is 73.9. The highest BCUT2D eigenvalue weighted by atomic mass is 32.1. The summed E-state index contributed by atoms with van der Waals surface area (Å²) in [5.41, 5.74) is 15.5. The maximum Gasteiger partial charge on any atom is 0.0727 e. The summed E-state index contributed by atoms with van der Waals surface area (Å²) in [7, 11) is 0. The summed E-state index contributed by atoms with van der Waals surface area (Å²) in [6.07, 6.45) is 0. The smallest absolute Gasteiger partial charge is 0.0727 e. The molecule has 1 heterocycles. The molecule has 10 aromatic carbocycles. The zero-order chi connectivity index (χ0) is 46.5. The maximum atomic E-state index is 8.97. The van der Waals surface area contributed by atoms with Crippen molar-refractivity contribution in [2.45, 2.75) is 5.41 Å². The molecule has 300 valence electrons. The lowest BCUT2D eigenvalue weighted by molar-refractivity contribution is 0.793. The molecular weight excluding hydrogens is 793 g/mol. The van der Waals surface area contributed by atoms with Crippen molar-refractivity contribution in [1.29, 1.82) is 0 Å². The topological polar surface area (TPSA) is 6.48 Å². The maximum absolute atomic E-state index is 8.97. The fourth-order valence-corrected chi connectivity index (χ4v) is 11.7. The lowest BCUT2D eigenvalue weighted by Crippen LogP contribution is -2.26. The molecule has 0 fully saturated rings. The molecule has 0 aliphatic heterocycles. The highest BCUT2D eigenvalue weighted by Gasteiger charge is 2.52. The van der Waals surface area contributed by atoms with Crippen LogP contribution >= 0.6 is 11.3 Å². The van der Waals surface area contributed by atoms with Gasteiger partial charge in [-0.15, -0.1) is 11.3 Å². The van der Waals surface area contributed by atoms with Crippen molar-refractivity contribution < 1.29 is 6.85 Å². The van der Waals surface area contributed by atoms with Crippen molar-refractivity contribution in [1.82, 2.24) is 0 Å². The first-order valence-electron chi connectivity index (χ1n) is 24.1. The Bertz CT molecular complexity index is 3810. The third-order valence-electron chi connectivity index (χ3n) is 13.1. The van der Waals surface area contributed by atoms with Crippen LogP contribution in [0.2, 0.25) is 0 Å². The largest absolute Gasteiger partial charge is 0.310 e. The number of anilines is 6. The van der Waals surface area contributed by atoms with Crippen LogP contribution in [0.3, 0.4) is 0 Å². The number of rotatable bonds is 7. The molecular formula is C61H40N2S. The van der Waals surface area contributed by atoms with Gasteiger partial charge in [0.2, 0.25) is 0 Å². The number of hydrogen-bond donors (Lipinski definition) is 0. The fraction of sp³-hybridized carbons (Fsp3) is 0.0164. The summed E-state index contributed by atoms with van der Waals surface area (Å²) in [5, 5.41) is 2.27. The van der Waals surface area contributed by atoms with Gasteiger partial charge in [-0.25, -0.2) is 0 Å². The lowest BCUT2D eigenvalue weighted by atomic mass is 9.70. The Labute approximate surface area is 384 Å². The van der Waals surface area contributed by atoms with E-state index in [1.165, 1.54) is 43.6 Å². The zero-order valence-electron chi connectivity index (χ0n) is 39.5. The van der Waals surface area contributed by atoms with E-state index in [1.54, 1.807) is 11.3 Å². The van der Waals surface area contributed by atoms with Gasteiger partial charge in [-0.05, 0) is 134 Å². The third kappa shape index (κ3) is 5.44. The van der Waals surface area contributed by atoms with Gasteiger partial charge in [-0.3, -0.25) is 0 Å². The number of nitrogens with zero attached hydrogens (tertiary/aromatic N) is 2. The number of fused-ring (bicyclic) bond motifs is 13. The van der Waals surface area contributed by atoms with Crippen LogP contribution in [0.5, 0.6) is 0 Å². The van der Waals surface area contributed by atoms with Gasteiger partial charge in [0.05, 0.1) is 18.0 Å². The summed E-state index contributed by atoms with van der Waals surface area (Å²) in [5.74, 6) is 0. The van der Waals surface area contributed by atoms with Gasteiger partial charge in [0.25, 0.3) is 0 Å². The SMILES string of the molecule is [2H]c1c([2H])c([2H])c(-c2cccc(N(c3ccc4c(c3)C3(c5ccccc5-c5ccc(N(c6ccccc6)c6ccccc6)cc53)c3ccccc3-4)c3cccc4sc5ccccc5c34)c2)c([2H])c1[2H]. The van der Waals surface area contributed by atoms with E-state index in [2.05, 4.69) is 204 Å². The van der Waals surface area contributed by atoms with E-state index in [4.69, 9.17) is 6.85 Å². The number of para-hydroxylation sites is 2. The molecule has 1 spiro atoms. The van der Waals surface area contributed by atoms with Crippen LogP contribution < -0.4 is 9.80 Å². The van der Waals surface area contributed by atoms with Crippen LogP contribution in [0.15, 0.2) is 243 Å². The first kappa shape index (κ1) is 31.8. The standard InChI is InChI=1S/C61H40N2S/c1-4-18-41(19-5-1)42-20-16-25-45(38-42)63(57-31-17-33-59-60(57)52-28-12-15-32-58(52)64-59)47-35-37-51-49-27-11-14-30-54(49)61(56(51)40-47)53-29-13-10-26-48(53)50-36-34-46(39-55(50)61)62(43-21-6-2-7-22-43)44-23-8-3-9-24-44/h1-40H/i1D,4D,5D,18D,19D. The lowest BCUT2D eigenvalue weighted by Gasteiger charge is -2.33. The Kier molecular flexibility index (Phi) is 7.23. The third-order valence-corrected chi connectivity index (χ3v) is 14.3. The Balaban J connectivity index is 1.09. The predicted molar refractivity (Wildman–Crippen MR) is 270 cm³/mol. The van der Waals surface area contributed by atoms with E-state index in [0.29, 0.717) is 5.56 Å². The molecule has 1 atom stereocenters. The van der Waals surface area contributed by atoms with Gasteiger partial charge in [-0.1, -0.05) is 164 Å². The van der Waals surface area contributed by atoms with Crippen LogP contribution in [-0.2, 0) is 5.41 Å². The zero-order valence-corrected chi connectivity index (χ0v) is 35.3. The van der Waals surface area contributed by atoms with E-state index >= 15 is 0 Å². The minimum atomic E-state index is -0.690. The normalized spacial score (nSPS) is 15.4. The van der Waals surface area contributed by atoms with E-state index in [-0.39, 0.29) is 29.7 Å². The van der Waals surface area contributed by atoms with Crippen LogP contribution in [0.4, 0.5) is 34.1 Å². The Morgan fingerprint density at radius 2 is 0.875 bits per heavy atom. The molecule has 64 heavy (non-hydrogen) atoms. The highest BCUT2D eigenvalue weighted by Crippen LogP contribution is 2.64. The van der Waals surface area contributed by atoms with Crippen LogP contribution in [0, 0.1) is 0 Å². The summed E-state index contributed by atoms with van der Waals surface area (Å²) >= 11 is 1.76. The Morgan fingerprint density at radius 1 is 0.359 bits per heavy atom. The molecule has 2 aliphatic rings. The predicted octanol–water partition coefficient (Wildman–Crippen LogP) is 17.0. The van der Waals surface area contributed by atoms with E-state index in [0.717, 1.165) is 55.2 Å². The average molecular weight is 838 g/mol. The average Bonchev–Trinajstić information content (AvgIpc) is 4.03. The molecule has 13 rings (SSSR count). The molecule has 11 aromatic rings. The van der Waals surface area contributed by atoms with Gasteiger partial charge in [0.15, 0.2) is 0 Å². The first-order valence-corrected chi connectivity index (χ1v) is 22.4. The van der Waals surface area contributed by atoms with E-state index < -0.39 is 11.5 Å². The van der Waals surface area contributed by atoms with Crippen LogP contribution in [0.1, 0.15) is 29.1 Å². The van der Waals surface area contributed by atoms with Crippen molar-refractivity contribution in [2.75, 3.05) is 9.80 Å². The second kappa shape index (κ2) is 14.6. The fourth-order valence-electron chi connectivity index (χ4n) is 10.6. The summed E-state index contributed by atoms with van der Waals surface area (Å²) in [6.45, 7) is 0. The molecule has 2 nitrogen and oxygen atoms in total. The molecule has 0 amide bonds. The van der Waals surface area contributed by atoms with Crippen molar-refractivity contribution in [3.8, 4) is 33.4 Å². The van der Waals surface area contributed by atoms with E-state index in [1.807, 2.05) is 18.2 Å². The van der Waals surface area contributed by atoms with Gasteiger partial charge in [-0.2, -0.15) is 0 Å². The molecule has 1 aromatic heterocycles. The van der Waals surface area contributed by atoms with Gasteiger partial charge < -0.3 is 9.80 Å². The molecule has 2 aliphatic carbocycles. The van der Waals surface area contributed by atoms with Gasteiger partial charge in [0, 0.05) is 48.6 Å². The second-order valence-corrected chi connectivity index (χ2v) is 17.5. The van der Waals surface area contributed by atoms with Gasteiger partial charge >= 0.3 is 0 Å². The molecule has 0 N–H and O–H groups in total. The van der Waals surface area contributed by atoms with E-state index in [9.17, 15) is 0 Å². The van der Waals surface area contributed by atoms with Gasteiger partial charge in [0.1, 0.15) is 0 Å². The molecule has 3 heteroatoms. The Hall–Kier alpha value is -7.98. The van der Waals surface area contributed by atoms with Crippen molar-refractivity contribution in [3.63, 3.8) is 0 Å². The minimum absolute atomic E-state index is 0.167. The molecule has 0 radical (unpaired) electrons. The molecule has 0 saturated heterocycles. The Morgan fingerprint density at radius 3 is 1.55 bits per heavy atom.